The summed E-state index contributed by atoms with van der Waals surface area (Å²) in [6.45, 7) is 5.68. The number of hydrogen-bond acceptors (Lipinski definition) is 4. The summed E-state index contributed by atoms with van der Waals surface area (Å²) in [5, 5.41) is 14.0. The molecule has 1 aromatic heterocycles. The number of anilines is 1. The van der Waals surface area contributed by atoms with Crippen molar-refractivity contribution in [1.82, 2.24) is 20.6 Å². The van der Waals surface area contributed by atoms with Gasteiger partial charge in [0.25, 0.3) is 0 Å². The minimum Gasteiger partial charge on any atom is -0.356 e. The summed E-state index contributed by atoms with van der Waals surface area (Å²) in [6.07, 6.45) is 3.55. The maximum Gasteiger partial charge on any atom is 0.204 e. The van der Waals surface area contributed by atoms with E-state index in [0.717, 1.165) is 18.1 Å². The number of aromatic amines is 1. The Labute approximate surface area is 113 Å². The van der Waals surface area contributed by atoms with Crippen molar-refractivity contribution >= 4 is 11.8 Å². The molecule has 0 unspecified atom stereocenters. The molecule has 0 aliphatic heterocycles. The third-order valence-corrected chi connectivity index (χ3v) is 2.72. The smallest absolute Gasteiger partial charge is 0.204 e. The van der Waals surface area contributed by atoms with Gasteiger partial charge in [-0.2, -0.15) is 5.26 Å². The van der Waals surface area contributed by atoms with Crippen LogP contribution >= 0.6 is 0 Å². The number of guanidine groups is 1. The highest BCUT2D eigenvalue weighted by molar-refractivity contribution is 5.80. The van der Waals surface area contributed by atoms with Crippen LogP contribution in [0.1, 0.15) is 25.5 Å². The molecule has 0 aromatic carbocycles. The first-order valence-electron chi connectivity index (χ1n) is 6.20. The summed E-state index contributed by atoms with van der Waals surface area (Å²) >= 11 is 0. The fraction of sp³-hybridized carbons (Fsp3) is 0.583. The molecule has 1 rings (SSSR count). The number of aliphatic imine (C=N–C) groups is 1. The van der Waals surface area contributed by atoms with Crippen LogP contribution < -0.4 is 15.5 Å². The van der Waals surface area contributed by atoms with Crippen LogP contribution in [0.3, 0.4) is 0 Å². The van der Waals surface area contributed by atoms with E-state index >= 15 is 0 Å². The largest absolute Gasteiger partial charge is 0.356 e. The average molecular weight is 263 g/mol. The van der Waals surface area contributed by atoms with E-state index < -0.39 is 0 Å². The molecule has 0 amide bonds. The standard InChI is InChI=1S/C12H21N7/c1-9(2)10-11(18-8-17-10)19(4)6-5-15-12(14-3)16-7-13/h8-9H,5-6H2,1-4H3,(H,17,18)(H2,14,15,16). The summed E-state index contributed by atoms with van der Waals surface area (Å²) in [7, 11) is 3.62. The number of likely N-dealkylation sites (N-methyl/N-ethyl adjacent to an activating group) is 1. The fourth-order valence-corrected chi connectivity index (χ4v) is 1.71. The second-order valence-corrected chi connectivity index (χ2v) is 4.45. The van der Waals surface area contributed by atoms with Gasteiger partial charge in [0.05, 0.1) is 12.0 Å². The first-order chi connectivity index (χ1) is 9.10. The van der Waals surface area contributed by atoms with Crippen LogP contribution in [0.4, 0.5) is 5.82 Å². The number of H-pyrrole nitrogens is 1. The maximum atomic E-state index is 8.52. The number of rotatable bonds is 5. The number of imidazole rings is 1. The Morgan fingerprint density at radius 2 is 2.37 bits per heavy atom. The SMILES string of the molecule is CN=C(NC#N)NCCN(C)c1nc[nH]c1C(C)C. The molecule has 1 aromatic rings. The van der Waals surface area contributed by atoms with Gasteiger partial charge < -0.3 is 15.2 Å². The highest BCUT2D eigenvalue weighted by Crippen LogP contribution is 2.21. The lowest BCUT2D eigenvalue weighted by molar-refractivity contribution is 0.778. The minimum absolute atomic E-state index is 0.404. The Morgan fingerprint density at radius 3 is 2.95 bits per heavy atom. The van der Waals surface area contributed by atoms with Crippen molar-refractivity contribution in [1.29, 1.82) is 5.26 Å². The zero-order valence-electron chi connectivity index (χ0n) is 11.9. The van der Waals surface area contributed by atoms with Gasteiger partial charge in [-0.1, -0.05) is 13.8 Å². The molecule has 0 bridgehead atoms. The van der Waals surface area contributed by atoms with Crippen LogP contribution in [0.15, 0.2) is 11.3 Å². The van der Waals surface area contributed by atoms with Crippen molar-refractivity contribution in [2.75, 3.05) is 32.1 Å². The van der Waals surface area contributed by atoms with Gasteiger partial charge in [0.2, 0.25) is 5.96 Å². The van der Waals surface area contributed by atoms with Crippen molar-refractivity contribution in [3.8, 4) is 6.19 Å². The molecule has 0 saturated heterocycles. The fourth-order valence-electron chi connectivity index (χ4n) is 1.71. The van der Waals surface area contributed by atoms with Crippen molar-refractivity contribution in [2.45, 2.75) is 19.8 Å². The lowest BCUT2D eigenvalue weighted by Gasteiger charge is -2.20. The topological polar surface area (TPSA) is 92.1 Å². The van der Waals surface area contributed by atoms with E-state index in [4.69, 9.17) is 5.26 Å². The quantitative estimate of drug-likeness (QED) is 0.313. The Morgan fingerprint density at radius 1 is 1.63 bits per heavy atom. The molecule has 0 radical (unpaired) electrons. The predicted molar refractivity (Wildman–Crippen MR) is 76.1 cm³/mol. The monoisotopic (exact) mass is 263 g/mol. The van der Waals surface area contributed by atoms with Crippen LogP contribution in [0.5, 0.6) is 0 Å². The zero-order chi connectivity index (χ0) is 14.3. The summed E-state index contributed by atoms with van der Waals surface area (Å²) in [4.78, 5) is 13.5. The number of hydrogen-bond donors (Lipinski definition) is 3. The number of nitrogens with one attached hydrogen (secondary N) is 3. The van der Waals surface area contributed by atoms with E-state index in [0.29, 0.717) is 18.4 Å². The highest BCUT2D eigenvalue weighted by Gasteiger charge is 2.13. The third kappa shape index (κ3) is 4.17. The second-order valence-electron chi connectivity index (χ2n) is 4.45. The Bertz CT molecular complexity index is 455. The molecule has 7 heteroatoms. The number of nitriles is 1. The van der Waals surface area contributed by atoms with Crippen LogP contribution in [0.2, 0.25) is 0 Å². The number of aromatic nitrogens is 2. The molecular formula is C12H21N7. The van der Waals surface area contributed by atoms with E-state index in [9.17, 15) is 0 Å². The molecular weight excluding hydrogens is 242 g/mol. The molecule has 19 heavy (non-hydrogen) atoms. The van der Waals surface area contributed by atoms with E-state index in [-0.39, 0.29) is 0 Å². The summed E-state index contributed by atoms with van der Waals surface area (Å²) in [5.41, 5.74) is 1.13. The van der Waals surface area contributed by atoms with E-state index in [2.05, 4.69) is 44.3 Å². The summed E-state index contributed by atoms with van der Waals surface area (Å²) < 4.78 is 0. The molecule has 7 nitrogen and oxygen atoms in total. The normalized spacial score (nSPS) is 11.3. The van der Waals surface area contributed by atoms with Gasteiger partial charge in [-0.3, -0.25) is 10.3 Å². The van der Waals surface area contributed by atoms with Gasteiger partial charge in [0, 0.05) is 27.2 Å². The Balaban J connectivity index is 2.50. The molecule has 0 atom stereocenters. The van der Waals surface area contributed by atoms with Gasteiger partial charge in [0.1, 0.15) is 5.82 Å². The van der Waals surface area contributed by atoms with Crippen LogP contribution in [-0.4, -0.2) is 43.1 Å². The van der Waals surface area contributed by atoms with Gasteiger partial charge in [-0.25, -0.2) is 4.98 Å². The average Bonchev–Trinajstić information content (AvgIpc) is 2.86. The molecule has 0 saturated carbocycles. The van der Waals surface area contributed by atoms with Gasteiger partial charge >= 0.3 is 0 Å². The Hall–Kier alpha value is -2.23. The van der Waals surface area contributed by atoms with Crippen LogP contribution in [0, 0.1) is 11.5 Å². The molecule has 1 heterocycles. The molecule has 0 aliphatic carbocycles. The van der Waals surface area contributed by atoms with Crippen molar-refractivity contribution in [3.63, 3.8) is 0 Å². The van der Waals surface area contributed by atoms with Crippen molar-refractivity contribution in [2.24, 2.45) is 4.99 Å². The van der Waals surface area contributed by atoms with Crippen LogP contribution in [-0.2, 0) is 0 Å². The van der Waals surface area contributed by atoms with Crippen molar-refractivity contribution < 1.29 is 0 Å². The van der Waals surface area contributed by atoms with Crippen molar-refractivity contribution in [3.05, 3.63) is 12.0 Å². The molecule has 3 N–H and O–H groups in total. The molecule has 0 fully saturated rings. The van der Waals surface area contributed by atoms with E-state index in [1.165, 1.54) is 0 Å². The lowest BCUT2D eigenvalue weighted by atomic mass is 10.1. The highest BCUT2D eigenvalue weighted by atomic mass is 15.2. The molecule has 104 valence electrons. The zero-order valence-corrected chi connectivity index (χ0v) is 11.9. The van der Waals surface area contributed by atoms with Crippen LogP contribution in [0.25, 0.3) is 0 Å². The first kappa shape index (κ1) is 14.8. The Kier molecular flexibility index (Phi) is 5.67. The molecule has 0 aliphatic rings. The predicted octanol–water partition coefficient (Wildman–Crippen LogP) is 0.615. The minimum atomic E-state index is 0.404. The summed E-state index contributed by atoms with van der Waals surface area (Å²) in [6, 6.07) is 0. The maximum absolute atomic E-state index is 8.52. The van der Waals surface area contributed by atoms with Gasteiger partial charge in [0.15, 0.2) is 6.19 Å². The third-order valence-electron chi connectivity index (χ3n) is 2.72. The lowest BCUT2D eigenvalue weighted by Crippen LogP contribution is -2.39. The summed E-state index contributed by atoms with van der Waals surface area (Å²) in [5.74, 6) is 1.84. The molecule has 0 spiro atoms. The van der Waals surface area contributed by atoms with Gasteiger partial charge in [-0.15, -0.1) is 0 Å². The van der Waals surface area contributed by atoms with Gasteiger partial charge in [-0.05, 0) is 5.92 Å². The second kappa shape index (κ2) is 7.26. The van der Waals surface area contributed by atoms with E-state index in [1.54, 1.807) is 13.4 Å². The van der Waals surface area contributed by atoms with E-state index in [1.807, 2.05) is 13.2 Å². The number of nitrogens with zero attached hydrogens (tertiary/aromatic N) is 4. The first-order valence-corrected chi connectivity index (χ1v) is 6.20.